The molecule has 3 aromatic carbocycles. The zero-order valence-corrected chi connectivity index (χ0v) is 16.3. The van der Waals surface area contributed by atoms with Crippen LogP contribution < -0.4 is 9.79 Å². The van der Waals surface area contributed by atoms with Crippen LogP contribution in [0, 0.1) is 0 Å². The average Bonchev–Trinajstić information content (AvgIpc) is 3.10. The van der Waals surface area contributed by atoms with Crippen LogP contribution in [0.3, 0.4) is 0 Å². The van der Waals surface area contributed by atoms with E-state index in [1.165, 1.54) is 21.3 Å². The molecule has 1 unspecified atom stereocenters. The maximum atomic E-state index is 11.2. The number of nitrogens with zero attached hydrogens (tertiary/aromatic N) is 3. The highest BCUT2D eigenvalue weighted by atomic mass is 32.2. The van der Waals surface area contributed by atoms with Crippen molar-refractivity contribution in [2.45, 2.75) is 16.6 Å². The number of thioether (sulfide) groups is 1. The van der Waals surface area contributed by atoms with Crippen LogP contribution in [-0.4, -0.2) is 11.0 Å². The summed E-state index contributed by atoms with van der Waals surface area (Å²) in [6.45, 7) is 0. The van der Waals surface area contributed by atoms with Gasteiger partial charge in [0, 0.05) is 34.4 Å². The van der Waals surface area contributed by atoms with Gasteiger partial charge in [-0.2, -0.15) is 0 Å². The minimum absolute atomic E-state index is 0.284. The molecular formula is C23H17N3O2S. The van der Waals surface area contributed by atoms with Gasteiger partial charge in [-0.25, -0.2) is 0 Å². The van der Waals surface area contributed by atoms with E-state index >= 15 is 0 Å². The first-order chi connectivity index (χ1) is 14.3. The lowest BCUT2D eigenvalue weighted by Crippen LogP contribution is -2.31. The van der Waals surface area contributed by atoms with Crippen LogP contribution in [0.1, 0.15) is 22.8 Å². The summed E-state index contributed by atoms with van der Waals surface area (Å²) in [5.74, 6) is -0.471. The smallest absolute Gasteiger partial charge is 0.239 e. The van der Waals surface area contributed by atoms with Crippen molar-refractivity contribution in [3.05, 3.63) is 96.2 Å². The van der Waals surface area contributed by atoms with Crippen molar-refractivity contribution in [3.63, 3.8) is 0 Å². The van der Waals surface area contributed by atoms with E-state index in [4.69, 9.17) is 4.99 Å². The van der Waals surface area contributed by atoms with Gasteiger partial charge in [-0.3, -0.25) is 4.99 Å². The van der Waals surface area contributed by atoms with Gasteiger partial charge >= 0.3 is 0 Å². The van der Waals surface area contributed by atoms with Crippen molar-refractivity contribution in [2.75, 3.05) is 0 Å². The number of benzene rings is 3. The maximum Gasteiger partial charge on any atom is 0.239 e. The Hall–Kier alpha value is -3.38. The SMILES string of the molecule is [O-]c1c[n+](-c2ccc(C3=Nc4ccccc4SC(c4ccccc4)C3)cc2)no1. The summed E-state index contributed by atoms with van der Waals surface area (Å²) < 4.78 is 6.04. The van der Waals surface area contributed by atoms with Crippen LogP contribution >= 0.6 is 11.8 Å². The molecule has 1 aromatic heterocycles. The highest BCUT2D eigenvalue weighted by Crippen LogP contribution is 2.45. The second-order valence-electron chi connectivity index (χ2n) is 6.76. The molecule has 0 N–H and O–H groups in total. The number of hydrogen-bond acceptors (Lipinski definition) is 5. The molecule has 142 valence electrons. The first kappa shape index (κ1) is 17.7. The van der Waals surface area contributed by atoms with Crippen LogP contribution in [0.15, 0.2) is 99.5 Å². The Balaban J connectivity index is 1.53. The zero-order chi connectivity index (χ0) is 19.6. The molecule has 0 saturated heterocycles. The minimum atomic E-state index is -0.471. The molecule has 0 saturated carbocycles. The highest BCUT2D eigenvalue weighted by molar-refractivity contribution is 7.99. The lowest BCUT2D eigenvalue weighted by atomic mass is 10.0. The molecular weight excluding hydrogens is 382 g/mol. The quantitative estimate of drug-likeness (QED) is 0.480. The Kier molecular flexibility index (Phi) is 4.62. The van der Waals surface area contributed by atoms with E-state index in [0.29, 0.717) is 0 Å². The van der Waals surface area contributed by atoms with E-state index in [0.717, 1.165) is 29.1 Å². The Morgan fingerprint density at radius 1 is 0.931 bits per heavy atom. The van der Waals surface area contributed by atoms with Gasteiger partial charge in [-0.1, -0.05) is 42.5 Å². The molecule has 1 atom stereocenters. The topological polar surface area (TPSA) is 65.3 Å². The number of fused-ring (bicyclic) bond motifs is 1. The number of para-hydroxylation sites is 1. The van der Waals surface area contributed by atoms with Crippen molar-refractivity contribution in [1.29, 1.82) is 0 Å². The first-order valence-corrected chi connectivity index (χ1v) is 10.2. The molecule has 0 spiro atoms. The molecule has 0 aliphatic carbocycles. The fourth-order valence-corrected chi connectivity index (χ4v) is 4.64. The summed E-state index contributed by atoms with van der Waals surface area (Å²) in [5.41, 5.74) is 5.15. The van der Waals surface area contributed by atoms with E-state index < -0.39 is 5.95 Å². The van der Waals surface area contributed by atoms with Gasteiger partial charge in [-0.15, -0.1) is 11.8 Å². The van der Waals surface area contributed by atoms with Crippen molar-refractivity contribution < 1.29 is 14.3 Å². The predicted molar refractivity (Wildman–Crippen MR) is 110 cm³/mol. The second-order valence-corrected chi connectivity index (χ2v) is 8.00. The van der Waals surface area contributed by atoms with Crippen LogP contribution in [0.5, 0.6) is 5.95 Å². The third-order valence-electron chi connectivity index (χ3n) is 4.85. The summed E-state index contributed by atoms with van der Waals surface area (Å²) in [6, 6.07) is 26.7. The maximum absolute atomic E-state index is 11.2. The van der Waals surface area contributed by atoms with E-state index in [2.05, 4.69) is 52.3 Å². The fraction of sp³-hybridized carbons (Fsp3) is 0.0870. The molecule has 2 heterocycles. The molecule has 4 aromatic rings. The summed E-state index contributed by atoms with van der Waals surface area (Å²) in [4.78, 5) is 6.19. The van der Waals surface area contributed by atoms with Gasteiger partial charge in [0.25, 0.3) is 0 Å². The first-order valence-electron chi connectivity index (χ1n) is 9.31. The van der Waals surface area contributed by atoms with Gasteiger partial charge in [0.15, 0.2) is 0 Å². The summed E-state index contributed by atoms with van der Waals surface area (Å²) in [7, 11) is 0. The Bertz CT molecular complexity index is 1170. The fourth-order valence-electron chi connectivity index (χ4n) is 3.41. The van der Waals surface area contributed by atoms with E-state index in [9.17, 15) is 5.11 Å². The van der Waals surface area contributed by atoms with Crippen LogP contribution in [0.2, 0.25) is 0 Å². The Morgan fingerprint density at radius 2 is 1.69 bits per heavy atom. The number of aliphatic imine (C=N–C) groups is 1. The lowest BCUT2D eigenvalue weighted by molar-refractivity contribution is -0.670. The van der Waals surface area contributed by atoms with Crippen LogP contribution in [0.25, 0.3) is 5.69 Å². The average molecular weight is 399 g/mol. The summed E-state index contributed by atoms with van der Waals surface area (Å²) in [5, 5.41) is 15.2. The third-order valence-corrected chi connectivity index (χ3v) is 6.17. The van der Waals surface area contributed by atoms with Crippen molar-refractivity contribution in [1.82, 2.24) is 5.27 Å². The molecule has 0 amide bonds. The molecule has 0 radical (unpaired) electrons. The largest absolute Gasteiger partial charge is 0.539 e. The molecule has 0 fully saturated rings. The van der Waals surface area contributed by atoms with Crippen molar-refractivity contribution in [3.8, 4) is 11.6 Å². The lowest BCUT2D eigenvalue weighted by Gasteiger charge is -2.16. The predicted octanol–water partition coefficient (Wildman–Crippen LogP) is 4.38. The molecule has 5 nitrogen and oxygen atoms in total. The van der Waals surface area contributed by atoms with Crippen LogP contribution in [0.4, 0.5) is 5.69 Å². The van der Waals surface area contributed by atoms with Crippen LogP contribution in [-0.2, 0) is 0 Å². The molecule has 5 rings (SSSR count). The molecule has 1 aliphatic rings. The summed E-state index contributed by atoms with van der Waals surface area (Å²) in [6.07, 6.45) is 2.14. The Labute approximate surface area is 172 Å². The van der Waals surface area contributed by atoms with Crippen molar-refractivity contribution in [2.24, 2.45) is 4.99 Å². The molecule has 29 heavy (non-hydrogen) atoms. The second kappa shape index (κ2) is 7.56. The number of rotatable bonds is 3. The Morgan fingerprint density at radius 3 is 2.45 bits per heavy atom. The van der Waals surface area contributed by atoms with Gasteiger partial charge in [0.2, 0.25) is 11.9 Å². The summed E-state index contributed by atoms with van der Waals surface area (Å²) >= 11 is 1.86. The minimum Gasteiger partial charge on any atom is -0.539 e. The monoisotopic (exact) mass is 399 g/mol. The normalized spacial score (nSPS) is 16.0. The highest BCUT2D eigenvalue weighted by Gasteiger charge is 2.22. The molecule has 1 aliphatic heterocycles. The van der Waals surface area contributed by atoms with Gasteiger partial charge in [0.1, 0.15) is 5.95 Å². The third kappa shape index (κ3) is 3.67. The zero-order valence-electron chi connectivity index (χ0n) is 15.4. The molecule has 0 bridgehead atoms. The number of hydrogen-bond donors (Lipinski definition) is 0. The standard InChI is InChI=1S/C23H17N3O2S/c27-23-15-26(25-28-23)18-12-10-16(11-13-18)20-14-22(17-6-2-1-3-7-17)29-21-9-5-4-8-19(21)24-20/h1-13,15,22H,14H2. The van der Waals surface area contributed by atoms with E-state index in [1.54, 1.807) is 0 Å². The van der Waals surface area contributed by atoms with Gasteiger partial charge in [-0.05, 0) is 40.1 Å². The molecule has 6 heteroatoms. The van der Waals surface area contributed by atoms with E-state index in [-0.39, 0.29) is 5.25 Å². The van der Waals surface area contributed by atoms with Gasteiger partial charge in [0.05, 0.1) is 11.0 Å². The van der Waals surface area contributed by atoms with Gasteiger partial charge < -0.3 is 9.63 Å². The van der Waals surface area contributed by atoms with E-state index in [1.807, 2.05) is 48.2 Å². The van der Waals surface area contributed by atoms with Crippen molar-refractivity contribution >= 4 is 23.2 Å². The number of aromatic nitrogens is 2.